The second-order valence-corrected chi connectivity index (χ2v) is 6.26. The number of carbonyl (C=O) groups excluding carboxylic acids is 3. The van der Waals surface area contributed by atoms with Crippen molar-refractivity contribution in [2.24, 2.45) is 5.73 Å². The van der Waals surface area contributed by atoms with Crippen LogP contribution in [0.1, 0.15) is 30.0 Å². The number of nitrogens with one attached hydrogen (secondary N) is 2. The van der Waals surface area contributed by atoms with Crippen LogP contribution in [0.2, 0.25) is 0 Å². The molecule has 1 unspecified atom stereocenters. The molecule has 30 heavy (non-hydrogen) atoms. The van der Waals surface area contributed by atoms with E-state index in [1.807, 2.05) is 6.07 Å². The first kappa shape index (κ1) is 22.2. The Morgan fingerprint density at radius 1 is 1.10 bits per heavy atom. The van der Waals surface area contributed by atoms with Crippen LogP contribution in [0.25, 0.3) is 0 Å². The molecule has 9 heteroatoms. The number of ether oxygens (including phenoxy) is 2. The molecule has 2 rings (SSSR count). The van der Waals surface area contributed by atoms with Gasteiger partial charge in [0.15, 0.2) is 6.04 Å². The predicted molar refractivity (Wildman–Crippen MR) is 110 cm³/mol. The zero-order valence-corrected chi connectivity index (χ0v) is 16.6. The SMILES string of the molecule is COC(=O)C(Nc1ccc(C#N)cc1)c1ccc(OC)c(NC(=O)CCC(N)=O)c1. The van der Waals surface area contributed by atoms with Crippen molar-refractivity contribution >= 4 is 29.2 Å². The van der Waals surface area contributed by atoms with E-state index in [4.69, 9.17) is 20.5 Å². The van der Waals surface area contributed by atoms with Crippen LogP contribution in [0, 0.1) is 11.3 Å². The van der Waals surface area contributed by atoms with Crippen LogP contribution >= 0.6 is 0 Å². The van der Waals surface area contributed by atoms with Gasteiger partial charge in [-0.1, -0.05) is 6.07 Å². The number of nitrogens with zero attached hydrogens (tertiary/aromatic N) is 1. The molecule has 4 N–H and O–H groups in total. The number of esters is 1. The fraction of sp³-hybridized carbons (Fsp3) is 0.238. The molecule has 0 saturated heterocycles. The van der Waals surface area contributed by atoms with Gasteiger partial charge in [0.1, 0.15) is 5.75 Å². The van der Waals surface area contributed by atoms with Crippen molar-refractivity contribution < 1.29 is 23.9 Å². The Morgan fingerprint density at radius 3 is 2.37 bits per heavy atom. The number of hydrogen-bond donors (Lipinski definition) is 3. The molecule has 9 nitrogen and oxygen atoms in total. The van der Waals surface area contributed by atoms with Crippen molar-refractivity contribution in [3.8, 4) is 11.8 Å². The summed E-state index contributed by atoms with van der Waals surface area (Å²) in [6.45, 7) is 0. The van der Waals surface area contributed by atoms with Crippen molar-refractivity contribution in [3.05, 3.63) is 53.6 Å². The van der Waals surface area contributed by atoms with Gasteiger partial charge in [0, 0.05) is 18.5 Å². The average Bonchev–Trinajstić information content (AvgIpc) is 2.76. The minimum Gasteiger partial charge on any atom is -0.495 e. The van der Waals surface area contributed by atoms with E-state index in [9.17, 15) is 14.4 Å². The lowest BCUT2D eigenvalue weighted by Gasteiger charge is -2.20. The van der Waals surface area contributed by atoms with Gasteiger partial charge < -0.3 is 25.8 Å². The molecule has 1 atom stereocenters. The van der Waals surface area contributed by atoms with Gasteiger partial charge in [-0.3, -0.25) is 9.59 Å². The summed E-state index contributed by atoms with van der Waals surface area (Å²) in [7, 11) is 2.71. The number of nitrogens with two attached hydrogens (primary N) is 1. The summed E-state index contributed by atoms with van der Waals surface area (Å²) in [5.41, 5.74) is 7.01. The number of primary amides is 1. The van der Waals surface area contributed by atoms with Gasteiger partial charge in [-0.05, 0) is 42.0 Å². The molecule has 0 aliphatic rings. The summed E-state index contributed by atoms with van der Waals surface area (Å²) in [6, 6.07) is 12.6. The van der Waals surface area contributed by atoms with Crippen LogP contribution in [-0.4, -0.2) is 32.0 Å². The Morgan fingerprint density at radius 2 is 1.80 bits per heavy atom. The number of nitriles is 1. The molecule has 0 aliphatic carbocycles. The third-order valence-corrected chi connectivity index (χ3v) is 4.19. The Labute approximate surface area is 173 Å². The molecule has 0 saturated carbocycles. The Bertz CT molecular complexity index is 966. The molecule has 0 aromatic heterocycles. The van der Waals surface area contributed by atoms with Gasteiger partial charge in [0.05, 0.1) is 31.5 Å². The highest BCUT2D eigenvalue weighted by Gasteiger charge is 2.23. The minimum atomic E-state index is -0.880. The number of rotatable bonds is 9. The molecule has 0 radical (unpaired) electrons. The first-order valence-corrected chi connectivity index (χ1v) is 8.98. The Hall–Kier alpha value is -4.06. The molecule has 2 aromatic rings. The summed E-state index contributed by atoms with van der Waals surface area (Å²) in [5.74, 6) is -1.16. The van der Waals surface area contributed by atoms with E-state index < -0.39 is 23.8 Å². The van der Waals surface area contributed by atoms with Crippen LogP contribution in [0.15, 0.2) is 42.5 Å². The largest absolute Gasteiger partial charge is 0.495 e. The van der Waals surface area contributed by atoms with Gasteiger partial charge in [0.2, 0.25) is 11.8 Å². The van der Waals surface area contributed by atoms with Crippen molar-refractivity contribution in [3.63, 3.8) is 0 Å². The van der Waals surface area contributed by atoms with Gasteiger partial charge in [-0.25, -0.2) is 4.79 Å². The molecule has 2 amide bonds. The van der Waals surface area contributed by atoms with Crippen LogP contribution in [0.3, 0.4) is 0 Å². The molecule has 0 heterocycles. The number of methoxy groups -OCH3 is 2. The topological polar surface area (TPSA) is 144 Å². The monoisotopic (exact) mass is 410 g/mol. The molecule has 0 fully saturated rings. The normalized spacial score (nSPS) is 11.0. The Balaban J connectivity index is 2.31. The number of hydrogen-bond acceptors (Lipinski definition) is 7. The molecule has 156 valence electrons. The Kier molecular flexibility index (Phi) is 7.76. The second-order valence-electron chi connectivity index (χ2n) is 6.26. The van der Waals surface area contributed by atoms with Crippen LogP contribution in [0.4, 0.5) is 11.4 Å². The standard InChI is InChI=1S/C21H22N4O5/c1-29-17-8-5-14(11-16(17)25-19(27)10-9-18(23)26)20(21(28)30-2)24-15-6-3-13(12-22)4-7-15/h3-8,11,20,24H,9-10H2,1-2H3,(H2,23,26)(H,25,27). The zero-order valence-electron chi connectivity index (χ0n) is 16.6. The highest BCUT2D eigenvalue weighted by atomic mass is 16.5. The maximum absolute atomic E-state index is 12.4. The molecular formula is C21H22N4O5. The lowest BCUT2D eigenvalue weighted by Crippen LogP contribution is -2.23. The minimum absolute atomic E-state index is 0.0767. The number of amides is 2. The first-order valence-electron chi connectivity index (χ1n) is 8.98. The van der Waals surface area contributed by atoms with Gasteiger partial charge >= 0.3 is 5.97 Å². The van der Waals surface area contributed by atoms with Crippen molar-refractivity contribution in [1.29, 1.82) is 5.26 Å². The van der Waals surface area contributed by atoms with Crippen LogP contribution in [-0.2, 0) is 19.1 Å². The van der Waals surface area contributed by atoms with Gasteiger partial charge in [0.25, 0.3) is 0 Å². The van der Waals surface area contributed by atoms with E-state index >= 15 is 0 Å². The number of benzene rings is 2. The lowest BCUT2D eigenvalue weighted by molar-refractivity contribution is -0.141. The fourth-order valence-corrected chi connectivity index (χ4v) is 2.66. The number of anilines is 2. The van der Waals surface area contributed by atoms with E-state index in [1.54, 1.807) is 42.5 Å². The van der Waals surface area contributed by atoms with E-state index in [2.05, 4.69) is 10.6 Å². The van der Waals surface area contributed by atoms with Crippen LogP contribution < -0.4 is 21.1 Å². The summed E-state index contributed by atoms with van der Waals surface area (Å²) < 4.78 is 10.2. The number of carbonyl (C=O) groups is 3. The first-order chi connectivity index (χ1) is 14.4. The summed E-state index contributed by atoms with van der Waals surface area (Å²) in [4.78, 5) is 35.4. The molecular weight excluding hydrogens is 388 g/mol. The van der Waals surface area contributed by atoms with Crippen molar-refractivity contribution in [1.82, 2.24) is 0 Å². The average molecular weight is 410 g/mol. The van der Waals surface area contributed by atoms with Crippen molar-refractivity contribution in [2.75, 3.05) is 24.9 Å². The molecule has 2 aromatic carbocycles. The van der Waals surface area contributed by atoms with E-state index in [0.29, 0.717) is 28.3 Å². The third kappa shape index (κ3) is 5.97. The van der Waals surface area contributed by atoms with Gasteiger partial charge in [-0.15, -0.1) is 0 Å². The van der Waals surface area contributed by atoms with E-state index in [-0.39, 0.29) is 12.8 Å². The van der Waals surface area contributed by atoms with E-state index in [0.717, 1.165) is 0 Å². The smallest absolute Gasteiger partial charge is 0.332 e. The van der Waals surface area contributed by atoms with Crippen LogP contribution in [0.5, 0.6) is 5.75 Å². The zero-order chi connectivity index (χ0) is 22.1. The summed E-state index contributed by atoms with van der Waals surface area (Å²) in [5, 5.41) is 14.6. The second kappa shape index (κ2) is 10.5. The molecule has 0 bridgehead atoms. The van der Waals surface area contributed by atoms with Crippen molar-refractivity contribution in [2.45, 2.75) is 18.9 Å². The maximum atomic E-state index is 12.4. The quantitative estimate of drug-likeness (QED) is 0.537. The highest BCUT2D eigenvalue weighted by molar-refractivity contribution is 5.94. The summed E-state index contributed by atoms with van der Waals surface area (Å²) >= 11 is 0. The van der Waals surface area contributed by atoms with E-state index in [1.165, 1.54) is 14.2 Å². The molecule has 0 spiro atoms. The van der Waals surface area contributed by atoms with Gasteiger partial charge in [-0.2, -0.15) is 5.26 Å². The highest BCUT2D eigenvalue weighted by Crippen LogP contribution is 2.30. The molecule has 0 aliphatic heterocycles. The third-order valence-electron chi connectivity index (χ3n) is 4.19. The summed E-state index contributed by atoms with van der Waals surface area (Å²) in [6.07, 6.45) is -0.161. The maximum Gasteiger partial charge on any atom is 0.332 e. The lowest BCUT2D eigenvalue weighted by atomic mass is 10.0. The fourth-order valence-electron chi connectivity index (χ4n) is 2.66. The predicted octanol–water partition coefficient (Wildman–Crippen LogP) is 2.10.